The Morgan fingerprint density at radius 3 is 2.38 bits per heavy atom. The van der Waals surface area contributed by atoms with Crippen molar-refractivity contribution in [3.8, 4) is 0 Å². The van der Waals surface area contributed by atoms with Gasteiger partial charge < -0.3 is 15.0 Å². The second-order valence-corrected chi connectivity index (χ2v) is 5.02. The molecular weight excluding hydrogens is 274 g/mol. The molecular formula is C14H27N3O4. The molecule has 122 valence electrons. The zero-order chi connectivity index (χ0) is 16.3. The number of ether oxygens (including phenoxy) is 1. The molecule has 0 saturated heterocycles. The molecule has 0 aliphatic carbocycles. The third-order valence-electron chi connectivity index (χ3n) is 2.93. The predicted molar refractivity (Wildman–Crippen MR) is 79.7 cm³/mol. The Morgan fingerprint density at radius 2 is 1.81 bits per heavy atom. The van der Waals surface area contributed by atoms with Gasteiger partial charge in [-0.15, -0.1) is 0 Å². The van der Waals surface area contributed by atoms with Crippen LogP contribution in [0.4, 0.5) is 0 Å². The molecule has 1 N–H and O–H groups in total. The highest BCUT2D eigenvalue weighted by Gasteiger charge is 2.14. The second kappa shape index (κ2) is 11.1. The largest absolute Gasteiger partial charge is 0.469 e. The van der Waals surface area contributed by atoms with Gasteiger partial charge in [0, 0.05) is 20.0 Å². The summed E-state index contributed by atoms with van der Waals surface area (Å²) >= 11 is 0. The Balaban J connectivity index is 3.94. The van der Waals surface area contributed by atoms with E-state index in [1.807, 2.05) is 11.8 Å². The Bertz CT molecular complexity index is 347. The normalized spacial score (nSPS) is 10.3. The molecule has 7 heteroatoms. The second-order valence-electron chi connectivity index (χ2n) is 5.02. The number of methoxy groups -OCH3 is 1. The number of esters is 1. The van der Waals surface area contributed by atoms with Crippen LogP contribution in [0.25, 0.3) is 0 Å². The fraction of sp³-hybridized carbons (Fsp3) is 0.786. The van der Waals surface area contributed by atoms with Gasteiger partial charge in [0.05, 0.1) is 20.2 Å². The molecule has 0 bridgehead atoms. The third-order valence-corrected chi connectivity index (χ3v) is 2.93. The van der Waals surface area contributed by atoms with E-state index >= 15 is 0 Å². The number of nitrogens with zero attached hydrogens (tertiary/aromatic N) is 2. The molecule has 0 atom stereocenters. The first-order valence-corrected chi connectivity index (χ1v) is 7.16. The first-order chi connectivity index (χ1) is 9.90. The number of nitrogens with one attached hydrogen (secondary N) is 1. The fourth-order valence-electron chi connectivity index (χ4n) is 1.65. The molecule has 0 fully saturated rings. The van der Waals surface area contributed by atoms with Gasteiger partial charge >= 0.3 is 5.97 Å². The number of carbonyl (C=O) groups excluding carboxylic acids is 3. The summed E-state index contributed by atoms with van der Waals surface area (Å²) in [6.07, 6.45) is 1.84. The zero-order valence-electron chi connectivity index (χ0n) is 13.5. The minimum absolute atomic E-state index is 0.0643. The van der Waals surface area contributed by atoms with Crippen LogP contribution in [-0.4, -0.2) is 75.0 Å². The Morgan fingerprint density at radius 1 is 1.14 bits per heavy atom. The van der Waals surface area contributed by atoms with Gasteiger partial charge in [-0.1, -0.05) is 6.92 Å². The van der Waals surface area contributed by atoms with Crippen molar-refractivity contribution in [2.24, 2.45) is 0 Å². The van der Waals surface area contributed by atoms with E-state index in [1.54, 1.807) is 14.1 Å². The molecule has 7 nitrogen and oxygen atoms in total. The van der Waals surface area contributed by atoms with Crippen molar-refractivity contribution in [2.45, 2.75) is 26.2 Å². The molecule has 0 rings (SSSR count). The standard InChI is InChI=1S/C14H27N3O4/c1-5-8-15-12(18)10-17(3)13(19)11-16(2)9-6-7-14(20)21-4/h5-11H2,1-4H3,(H,15,18). The molecule has 21 heavy (non-hydrogen) atoms. The lowest BCUT2D eigenvalue weighted by Gasteiger charge is -2.21. The molecule has 0 aliphatic heterocycles. The predicted octanol–water partition coefficient (Wildman–Crippen LogP) is -0.144. The van der Waals surface area contributed by atoms with Crippen LogP contribution >= 0.6 is 0 Å². The van der Waals surface area contributed by atoms with E-state index in [0.717, 1.165) is 6.42 Å². The van der Waals surface area contributed by atoms with Gasteiger partial charge in [0.15, 0.2) is 0 Å². The van der Waals surface area contributed by atoms with Crippen LogP contribution in [0.3, 0.4) is 0 Å². The Labute approximate surface area is 126 Å². The molecule has 0 aromatic heterocycles. The van der Waals surface area contributed by atoms with Crippen molar-refractivity contribution in [1.82, 2.24) is 15.1 Å². The maximum absolute atomic E-state index is 11.9. The average molecular weight is 301 g/mol. The zero-order valence-corrected chi connectivity index (χ0v) is 13.5. The van der Waals surface area contributed by atoms with Gasteiger partial charge in [-0.3, -0.25) is 19.3 Å². The number of rotatable bonds is 10. The van der Waals surface area contributed by atoms with Gasteiger partial charge in [-0.25, -0.2) is 0 Å². The highest BCUT2D eigenvalue weighted by atomic mass is 16.5. The van der Waals surface area contributed by atoms with Crippen LogP contribution in [-0.2, 0) is 19.1 Å². The van der Waals surface area contributed by atoms with Crippen molar-refractivity contribution in [1.29, 1.82) is 0 Å². The molecule has 0 aromatic carbocycles. The van der Waals surface area contributed by atoms with Crippen molar-refractivity contribution in [3.05, 3.63) is 0 Å². The smallest absolute Gasteiger partial charge is 0.305 e. The van der Waals surface area contributed by atoms with E-state index in [4.69, 9.17) is 0 Å². The molecule has 0 aliphatic rings. The minimum atomic E-state index is -0.251. The van der Waals surface area contributed by atoms with Gasteiger partial charge in [-0.05, 0) is 26.4 Å². The molecule has 0 spiro atoms. The summed E-state index contributed by atoms with van der Waals surface area (Å²) in [6, 6.07) is 0. The highest BCUT2D eigenvalue weighted by Crippen LogP contribution is 1.96. The van der Waals surface area contributed by atoms with E-state index in [-0.39, 0.29) is 30.9 Å². The SMILES string of the molecule is CCCNC(=O)CN(C)C(=O)CN(C)CCCC(=O)OC. The van der Waals surface area contributed by atoms with E-state index in [2.05, 4.69) is 10.1 Å². The van der Waals surface area contributed by atoms with Gasteiger partial charge in [-0.2, -0.15) is 0 Å². The minimum Gasteiger partial charge on any atom is -0.469 e. The van der Waals surface area contributed by atoms with Crippen LogP contribution in [0, 0.1) is 0 Å². The number of carbonyl (C=O) groups is 3. The monoisotopic (exact) mass is 301 g/mol. The number of hydrogen-bond donors (Lipinski definition) is 1. The summed E-state index contributed by atoms with van der Waals surface area (Å²) < 4.78 is 4.55. The van der Waals surface area contributed by atoms with Gasteiger partial charge in [0.2, 0.25) is 11.8 Å². The molecule has 2 amide bonds. The molecule has 0 saturated carbocycles. The molecule has 0 radical (unpaired) electrons. The maximum Gasteiger partial charge on any atom is 0.305 e. The third kappa shape index (κ3) is 9.84. The first kappa shape index (κ1) is 19.4. The summed E-state index contributed by atoms with van der Waals surface area (Å²) in [5.74, 6) is -0.525. The number of amides is 2. The van der Waals surface area contributed by atoms with Crippen molar-refractivity contribution < 1.29 is 19.1 Å². The van der Waals surface area contributed by atoms with Crippen LogP contribution in [0.1, 0.15) is 26.2 Å². The molecule has 0 heterocycles. The maximum atomic E-state index is 11.9. The van der Waals surface area contributed by atoms with Crippen LogP contribution < -0.4 is 5.32 Å². The van der Waals surface area contributed by atoms with Crippen molar-refractivity contribution in [2.75, 3.05) is 47.4 Å². The summed E-state index contributed by atoms with van der Waals surface area (Å²) in [4.78, 5) is 37.6. The summed E-state index contributed by atoms with van der Waals surface area (Å²) in [5.41, 5.74) is 0. The molecule has 0 unspecified atom stereocenters. The van der Waals surface area contributed by atoms with E-state index < -0.39 is 0 Å². The number of likely N-dealkylation sites (N-methyl/N-ethyl adjacent to an activating group) is 2. The summed E-state index contributed by atoms with van der Waals surface area (Å²) in [6.45, 7) is 3.50. The Kier molecular flexibility index (Phi) is 10.2. The van der Waals surface area contributed by atoms with Crippen LogP contribution in [0.2, 0.25) is 0 Å². The van der Waals surface area contributed by atoms with E-state index in [9.17, 15) is 14.4 Å². The number of hydrogen-bond acceptors (Lipinski definition) is 5. The summed E-state index contributed by atoms with van der Waals surface area (Å²) in [5, 5.41) is 2.73. The summed E-state index contributed by atoms with van der Waals surface area (Å²) in [7, 11) is 4.77. The molecule has 0 aromatic rings. The van der Waals surface area contributed by atoms with E-state index in [0.29, 0.717) is 25.9 Å². The quantitative estimate of drug-likeness (QED) is 0.568. The van der Waals surface area contributed by atoms with E-state index in [1.165, 1.54) is 12.0 Å². The lowest BCUT2D eigenvalue weighted by molar-refractivity contribution is -0.140. The van der Waals surface area contributed by atoms with Crippen LogP contribution in [0.5, 0.6) is 0 Å². The van der Waals surface area contributed by atoms with Crippen LogP contribution in [0.15, 0.2) is 0 Å². The average Bonchev–Trinajstić information content (AvgIpc) is 2.44. The van der Waals surface area contributed by atoms with Crippen molar-refractivity contribution in [3.63, 3.8) is 0 Å². The first-order valence-electron chi connectivity index (χ1n) is 7.16. The Hall–Kier alpha value is -1.63. The highest BCUT2D eigenvalue weighted by molar-refractivity contribution is 5.85. The fourth-order valence-corrected chi connectivity index (χ4v) is 1.65. The van der Waals surface area contributed by atoms with Gasteiger partial charge in [0.1, 0.15) is 0 Å². The lowest BCUT2D eigenvalue weighted by atomic mass is 10.3. The van der Waals surface area contributed by atoms with Gasteiger partial charge in [0.25, 0.3) is 0 Å². The lowest BCUT2D eigenvalue weighted by Crippen LogP contribution is -2.42. The topological polar surface area (TPSA) is 79.0 Å². The van der Waals surface area contributed by atoms with Crippen molar-refractivity contribution >= 4 is 17.8 Å².